The van der Waals surface area contributed by atoms with E-state index in [1.165, 1.54) is 43.9 Å². The van der Waals surface area contributed by atoms with Gasteiger partial charge < -0.3 is 15.7 Å². The molecule has 0 aliphatic heterocycles. The molecule has 6 heteroatoms. The fraction of sp³-hybridized carbons (Fsp3) is 0.467. The summed E-state index contributed by atoms with van der Waals surface area (Å²) in [6, 6.07) is 8.13. The van der Waals surface area contributed by atoms with Crippen molar-refractivity contribution in [1.29, 1.82) is 0 Å². The van der Waals surface area contributed by atoms with Crippen LogP contribution in [0.5, 0.6) is 0 Å². The summed E-state index contributed by atoms with van der Waals surface area (Å²) in [5.74, 6) is -0.728. The predicted molar refractivity (Wildman–Crippen MR) is 91.0 cm³/mol. The molecule has 1 aromatic rings. The first-order valence-corrected chi connectivity index (χ1v) is 8.55. The maximum Gasteiger partial charge on any atom is 0.313 e. The molecule has 1 saturated carbocycles. The fourth-order valence-electron chi connectivity index (χ4n) is 2.38. The SMILES string of the molecule is O=C(O)CSc1ccc(NC(=S)NC2CCCCC2)cc1. The summed E-state index contributed by atoms with van der Waals surface area (Å²) in [6.07, 6.45) is 6.25. The highest BCUT2D eigenvalue weighted by Crippen LogP contribution is 2.20. The maximum atomic E-state index is 10.5. The van der Waals surface area contributed by atoms with Gasteiger partial charge in [0, 0.05) is 16.6 Å². The Morgan fingerprint density at radius 1 is 1.24 bits per heavy atom. The molecule has 3 N–H and O–H groups in total. The fourth-order valence-corrected chi connectivity index (χ4v) is 3.28. The van der Waals surface area contributed by atoms with Crippen LogP contribution in [0, 0.1) is 0 Å². The van der Waals surface area contributed by atoms with Gasteiger partial charge in [0.15, 0.2) is 5.11 Å². The summed E-state index contributed by atoms with van der Waals surface area (Å²) in [7, 11) is 0. The van der Waals surface area contributed by atoms with E-state index in [4.69, 9.17) is 17.3 Å². The van der Waals surface area contributed by atoms with Crippen LogP contribution in [0.1, 0.15) is 32.1 Å². The van der Waals surface area contributed by atoms with Crippen LogP contribution in [0.2, 0.25) is 0 Å². The molecule has 0 unspecified atom stereocenters. The Kier molecular flexibility index (Phi) is 6.32. The number of carboxylic acid groups (broad SMARTS) is 1. The van der Waals surface area contributed by atoms with Gasteiger partial charge in [-0.15, -0.1) is 11.8 Å². The second kappa shape index (κ2) is 8.24. The van der Waals surface area contributed by atoms with Gasteiger partial charge in [-0.2, -0.15) is 0 Å². The molecule has 1 fully saturated rings. The van der Waals surface area contributed by atoms with Crippen molar-refractivity contribution in [1.82, 2.24) is 5.32 Å². The number of hydrogen-bond acceptors (Lipinski definition) is 3. The molecule has 1 aromatic carbocycles. The van der Waals surface area contributed by atoms with Crippen LogP contribution in [0.4, 0.5) is 5.69 Å². The molecule has 1 aliphatic rings. The van der Waals surface area contributed by atoms with Crippen LogP contribution in [0.25, 0.3) is 0 Å². The topological polar surface area (TPSA) is 61.4 Å². The molecule has 114 valence electrons. The molecule has 0 radical (unpaired) electrons. The minimum atomic E-state index is -0.805. The number of thioether (sulfide) groups is 1. The quantitative estimate of drug-likeness (QED) is 0.569. The number of carbonyl (C=O) groups is 1. The number of thiocarbonyl (C=S) groups is 1. The highest BCUT2D eigenvalue weighted by Gasteiger charge is 2.13. The van der Waals surface area contributed by atoms with Gasteiger partial charge in [-0.3, -0.25) is 4.79 Å². The molecule has 0 bridgehead atoms. The number of aliphatic carboxylic acids is 1. The lowest BCUT2D eigenvalue weighted by molar-refractivity contribution is -0.133. The molecule has 0 aromatic heterocycles. The first kappa shape index (κ1) is 16.1. The molecule has 1 aliphatic carbocycles. The molecular formula is C15H20N2O2S2. The summed E-state index contributed by atoms with van der Waals surface area (Å²) in [4.78, 5) is 11.5. The first-order valence-electron chi connectivity index (χ1n) is 7.15. The second-order valence-corrected chi connectivity index (χ2v) is 6.60. The Hall–Kier alpha value is -1.27. The Morgan fingerprint density at radius 3 is 2.52 bits per heavy atom. The van der Waals surface area contributed by atoms with Crippen molar-refractivity contribution in [2.24, 2.45) is 0 Å². The van der Waals surface area contributed by atoms with Gasteiger partial charge in [0.1, 0.15) is 0 Å². The van der Waals surface area contributed by atoms with Gasteiger partial charge in [-0.1, -0.05) is 19.3 Å². The van der Waals surface area contributed by atoms with Gasteiger partial charge in [-0.25, -0.2) is 0 Å². The molecule has 21 heavy (non-hydrogen) atoms. The lowest BCUT2D eigenvalue weighted by Crippen LogP contribution is -2.38. The van der Waals surface area contributed by atoms with Crippen molar-refractivity contribution < 1.29 is 9.90 Å². The number of nitrogens with one attached hydrogen (secondary N) is 2. The summed E-state index contributed by atoms with van der Waals surface area (Å²) < 4.78 is 0. The van der Waals surface area contributed by atoms with Crippen molar-refractivity contribution in [2.75, 3.05) is 11.1 Å². The molecule has 2 rings (SSSR count). The van der Waals surface area contributed by atoms with Crippen LogP contribution in [-0.2, 0) is 4.79 Å². The van der Waals surface area contributed by atoms with E-state index < -0.39 is 5.97 Å². The Labute approximate surface area is 134 Å². The Bertz CT molecular complexity index is 485. The zero-order valence-electron chi connectivity index (χ0n) is 11.8. The summed E-state index contributed by atoms with van der Waals surface area (Å²) in [6.45, 7) is 0. The Morgan fingerprint density at radius 2 is 1.90 bits per heavy atom. The predicted octanol–water partition coefficient (Wildman–Crippen LogP) is 3.48. The van der Waals surface area contributed by atoms with Crippen LogP contribution in [-0.4, -0.2) is 28.0 Å². The van der Waals surface area contributed by atoms with Gasteiger partial charge >= 0.3 is 5.97 Å². The van der Waals surface area contributed by atoms with E-state index in [2.05, 4.69) is 10.6 Å². The number of benzene rings is 1. The number of hydrogen-bond donors (Lipinski definition) is 3. The Balaban J connectivity index is 1.79. The zero-order chi connectivity index (χ0) is 15.1. The van der Waals surface area contributed by atoms with Crippen molar-refractivity contribution in [3.05, 3.63) is 24.3 Å². The van der Waals surface area contributed by atoms with Gasteiger partial charge in [0.05, 0.1) is 5.75 Å². The van der Waals surface area contributed by atoms with Crippen LogP contribution >= 0.6 is 24.0 Å². The average Bonchev–Trinajstić information content (AvgIpc) is 2.47. The van der Waals surface area contributed by atoms with E-state index in [9.17, 15) is 4.79 Å². The smallest absolute Gasteiger partial charge is 0.313 e. The monoisotopic (exact) mass is 324 g/mol. The molecular weight excluding hydrogens is 304 g/mol. The van der Waals surface area contributed by atoms with Gasteiger partial charge in [0.2, 0.25) is 0 Å². The molecule has 0 amide bonds. The first-order chi connectivity index (χ1) is 10.1. The van der Waals surface area contributed by atoms with Crippen molar-refractivity contribution >= 4 is 40.7 Å². The minimum Gasteiger partial charge on any atom is -0.481 e. The van der Waals surface area contributed by atoms with Gasteiger partial charge in [0.25, 0.3) is 0 Å². The average molecular weight is 324 g/mol. The maximum absolute atomic E-state index is 10.5. The van der Waals surface area contributed by atoms with Crippen LogP contribution in [0.3, 0.4) is 0 Å². The summed E-state index contributed by atoms with van der Waals surface area (Å²) in [5.41, 5.74) is 0.919. The van der Waals surface area contributed by atoms with E-state index in [0.717, 1.165) is 10.6 Å². The zero-order valence-corrected chi connectivity index (χ0v) is 13.4. The van der Waals surface area contributed by atoms with E-state index in [1.54, 1.807) is 0 Å². The molecule has 0 saturated heterocycles. The minimum absolute atomic E-state index is 0.0778. The lowest BCUT2D eigenvalue weighted by atomic mass is 9.96. The van der Waals surface area contributed by atoms with Crippen LogP contribution in [0.15, 0.2) is 29.2 Å². The third-order valence-corrected chi connectivity index (χ3v) is 4.63. The lowest BCUT2D eigenvalue weighted by Gasteiger charge is -2.24. The largest absolute Gasteiger partial charge is 0.481 e. The molecule has 0 atom stereocenters. The molecule has 0 spiro atoms. The highest BCUT2D eigenvalue weighted by atomic mass is 32.2. The standard InChI is InChI=1S/C15H20N2O2S2/c18-14(19)10-21-13-8-6-12(7-9-13)17-15(20)16-11-4-2-1-3-5-11/h6-9,11H,1-5,10H2,(H,18,19)(H2,16,17,20). The van der Waals surface area contributed by atoms with E-state index in [0.29, 0.717) is 11.2 Å². The number of anilines is 1. The van der Waals surface area contributed by atoms with Crippen LogP contribution < -0.4 is 10.6 Å². The van der Waals surface area contributed by atoms with Gasteiger partial charge in [-0.05, 0) is 49.3 Å². The third-order valence-electron chi connectivity index (χ3n) is 3.41. The second-order valence-electron chi connectivity index (χ2n) is 5.14. The van der Waals surface area contributed by atoms with Crippen molar-refractivity contribution in [3.8, 4) is 0 Å². The highest BCUT2D eigenvalue weighted by molar-refractivity contribution is 8.00. The van der Waals surface area contributed by atoms with E-state index in [-0.39, 0.29) is 5.75 Å². The number of rotatable bonds is 5. The normalized spacial score (nSPS) is 15.4. The molecule has 0 heterocycles. The van der Waals surface area contributed by atoms with Crippen molar-refractivity contribution in [2.45, 2.75) is 43.0 Å². The third kappa shape index (κ3) is 5.93. The summed E-state index contributed by atoms with van der Waals surface area (Å²) in [5, 5.41) is 15.8. The van der Waals surface area contributed by atoms with Crippen molar-refractivity contribution in [3.63, 3.8) is 0 Å². The number of carboxylic acids is 1. The summed E-state index contributed by atoms with van der Waals surface area (Å²) >= 11 is 6.64. The molecule has 4 nitrogen and oxygen atoms in total. The van der Waals surface area contributed by atoms with E-state index >= 15 is 0 Å². The van der Waals surface area contributed by atoms with E-state index in [1.807, 2.05) is 24.3 Å².